The van der Waals surface area contributed by atoms with Gasteiger partial charge in [0, 0.05) is 13.3 Å². The molecule has 8 nitrogen and oxygen atoms in total. The summed E-state index contributed by atoms with van der Waals surface area (Å²) in [6.07, 6.45) is -7.84. The molecule has 2 aromatic carbocycles. The normalized spacial score (nSPS) is 22.8. The summed E-state index contributed by atoms with van der Waals surface area (Å²) in [6, 6.07) is 9.67. The number of aromatic nitrogens is 1. The minimum Gasteiger partial charge on any atom is -0.505 e. The highest BCUT2D eigenvalue weighted by Crippen LogP contribution is 2.52. The van der Waals surface area contributed by atoms with Gasteiger partial charge in [-0.2, -0.15) is 26.3 Å². The van der Waals surface area contributed by atoms with E-state index in [1.807, 2.05) is 0 Å². The molecule has 3 aromatic rings. The van der Waals surface area contributed by atoms with Crippen LogP contribution in [0.5, 0.6) is 5.75 Å². The number of aromatic hydroxyl groups is 1. The van der Waals surface area contributed by atoms with E-state index in [2.05, 4.69) is 4.98 Å². The van der Waals surface area contributed by atoms with Gasteiger partial charge in [0.25, 0.3) is 0 Å². The summed E-state index contributed by atoms with van der Waals surface area (Å²) in [4.78, 5) is 32.6. The summed E-state index contributed by atoms with van der Waals surface area (Å²) >= 11 is 0. The Morgan fingerprint density at radius 1 is 1.02 bits per heavy atom. The highest BCUT2D eigenvalue weighted by molar-refractivity contribution is 6.43. The van der Waals surface area contributed by atoms with Gasteiger partial charge in [0.1, 0.15) is 0 Å². The Morgan fingerprint density at radius 2 is 1.73 bits per heavy atom. The number of ether oxygens (including phenoxy) is 1. The van der Waals surface area contributed by atoms with Crippen LogP contribution in [-0.4, -0.2) is 53.9 Å². The summed E-state index contributed by atoms with van der Waals surface area (Å²) in [6.45, 7) is -0.0238. The zero-order valence-electron chi connectivity index (χ0n) is 26.8. The molecule has 16 heteroatoms. The molecular weight excluding hydrogens is 688 g/mol. The number of anilines is 1. The summed E-state index contributed by atoms with van der Waals surface area (Å²) in [5.41, 5.74) is -1.48. The molecule has 1 aliphatic carbocycles. The number of allylic oxidation sites excluding steroid dienone is 1. The Hall–Kier alpha value is -4.54. The van der Waals surface area contributed by atoms with E-state index in [0.717, 1.165) is 6.07 Å². The van der Waals surface area contributed by atoms with Gasteiger partial charge in [0.05, 0.1) is 47.1 Å². The van der Waals surface area contributed by atoms with E-state index in [1.54, 1.807) is 30.5 Å². The minimum atomic E-state index is -5.20. The molecular formula is C35H30BF7N2O6. The van der Waals surface area contributed by atoms with Crippen LogP contribution < -0.4 is 4.90 Å². The lowest BCUT2D eigenvalue weighted by Crippen LogP contribution is -2.46. The van der Waals surface area contributed by atoms with Gasteiger partial charge < -0.3 is 19.5 Å². The molecule has 268 valence electrons. The highest BCUT2D eigenvalue weighted by atomic mass is 19.4. The van der Waals surface area contributed by atoms with Crippen molar-refractivity contribution in [3.05, 3.63) is 100 Å². The Labute approximate surface area is 287 Å². The number of nitrogens with zero attached hydrogens (tertiary/aromatic N) is 2. The number of hydrogen-bond donors (Lipinski definition) is 2. The molecule has 2 aliphatic heterocycles. The second kappa shape index (κ2) is 13.9. The number of alkyl halides is 6. The van der Waals surface area contributed by atoms with Gasteiger partial charge in [-0.05, 0) is 102 Å². The zero-order chi connectivity index (χ0) is 36.8. The molecule has 4 atom stereocenters. The van der Waals surface area contributed by atoms with Crippen molar-refractivity contribution in [3.8, 4) is 5.75 Å². The standard InChI is InChI=1S/C35H30BF7N2O6/c1-50-17-20-12-24-31(33(48)45(32(24)47)23-14-21(34(38,39)40)13-22(15-23)35(41,42)43)25-16-36(49)51-29(30(20)25)8-6-19(27-4-2-3-9-44-27)10-18-5-7-28(46)26(37)11-18/h2-5,7,9-11,13-15,24-25,29,31,46,49H,6,8,12,16-17H2,1H3/b19-10-/t24-,25+,29-,31-/m1/s1. The summed E-state index contributed by atoms with van der Waals surface area (Å²) in [7, 11) is -0.0297. The lowest BCUT2D eigenvalue weighted by molar-refractivity contribution is -0.143. The second-order valence-electron chi connectivity index (χ2n) is 12.7. The van der Waals surface area contributed by atoms with Crippen LogP contribution in [0.2, 0.25) is 6.32 Å². The Kier molecular flexibility index (Phi) is 9.87. The predicted octanol–water partition coefficient (Wildman–Crippen LogP) is 6.93. The smallest absolute Gasteiger partial charge is 0.455 e. The molecule has 0 unspecified atom stereocenters. The van der Waals surface area contributed by atoms with Crippen LogP contribution in [0.3, 0.4) is 0 Å². The summed E-state index contributed by atoms with van der Waals surface area (Å²) in [5, 5.41) is 20.5. The van der Waals surface area contributed by atoms with E-state index in [0.29, 0.717) is 45.0 Å². The molecule has 2 amide bonds. The number of amides is 2. The fourth-order valence-electron chi connectivity index (χ4n) is 7.32. The van der Waals surface area contributed by atoms with Crippen molar-refractivity contribution in [2.45, 2.75) is 44.0 Å². The molecule has 3 heterocycles. The van der Waals surface area contributed by atoms with Crippen molar-refractivity contribution in [2.75, 3.05) is 18.6 Å². The zero-order valence-corrected chi connectivity index (χ0v) is 26.8. The van der Waals surface area contributed by atoms with Crippen LogP contribution in [0.15, 0.2) is 71.9 Å². The number of carbonyl (C=O) groups is 2. The van der Waals surface area contributed by atoms with Gasteiger partial charge in [0.15, 0.2) is 11.6 Å². The van der Waals surface area contributed by atoms with Crippen LogP contribution in [0.25, 0.3) is 11.6 Å². The van der Waals surface area contributed by atoms with Crippen molar-refractivity contribution < 1.29 is 59.8 Å². The first-order chi connectivity index (χ1) is 24.1. The van der Waals surface area contributed by atoms with E-state index in [4.69, 9.17) is 9.39 Å². The molecule has 3 aliphatic rings. The first kappa shape index (κ1) is 36.3. The van der Waals surface area contributed by atoms with Crippen LogP contribution in [0.1, 0.15) is 41.6 Å². The maximum Gasteiger partial charge on any atom is 0.455 e. The maximum atomic E-state index is 14.2. The Balaban J connectivity index is 1.35. The quantitative estimate of drug-likeness (QED) is 0.113. The molecule has 0 bridgehead atoms. The fourth-order valence-corrected chi connectivity index (χ4v) is 7.32. The number of phenolic OH excluding ortho intramolecular Hbond substituents is 1. The number of benzene rings is 2. The van der Waals surface area contributed by atoms with E-state index in [9.17, 15) is 50.5 Å². The van der Waals surface area contributed by atoms with Gasteiger partial charge in [-0.15, -0.1) is 0 Å². The monoisotopic (exact) mass is 718 g/mol. The van der Waals surface area contributed by atoms with Crippen molar-refractivity contribution in [1.82, 2.24) is 4.98 Å². The largest absolute Gasteiger partial charge is 0.505 e. The van der Waals surface area contributed by atoms with Crippen LogP contribution >= 0.6 is 0 Å². The van der Waals surface area contributed by atoms with Crippen molar-refractivity contribution in [3.63, 3.8) is 0 Å². The van der Waals surface area contributed by atoms with Gasteiger partial charge in [-0.3, -0.25) is 14.6 Å². The first-order valence-electron chi connectivity index (χ1n) is 15.9. The topological polar surface area (TPSA) is 109 Å². The van der Waals surface area contributed by atoms with E-state index < -0.39 is 83.5 Å². The molecule has 1 aromatic heterocycles. The number of halogens is 7. The summed E-state index contributed by atoms with van der Waals surface area (Å²) in [5.74, 6) is -6.49. The number of carbonyl (C=O) groups excluding carboxylic acids is 2. The fraction of sp³-hybridized carbons (Fsp3) is 0.343. The van der Waals surface area contributed by atoms with Crippen LogP contribution in [-0.2, 0) is 31.3 Å². The van der Waals surface area contributed by atoms with Crippen molar-refractivity contribution >= 4 is 36.3 Å². The predicted molar refractivity (Wildman–Crippen MR) is 170 cm³/mol. The Morgan fingerprint density at radius 3 is 2.33 bits per heavy atom. The highest BCUT2D eigenvalue weighted by Gasteiger charge is 2.58. The van der Waals surface area contributed by atoms with Gasteiger partial charge in [-0.1, -0.05) is 12.1 Å². The Bertz CT molecular complexity index is 1870. The van der Waals surface area contributed by atoms with E-state index in [1.165, 1.54) is 19.2 Å². The second-order valence-corrected chi connectivity index (χ2v) is 12.7. The van der Waals surface area contributed by atoms with Crippen LogP contribution in [0.4, 0.5) is 36.4 Å². The third-order valence-corrected chi connectivity index (χ3v) is 9.44. The molecule has 6 rings (SSSR count). The number of pyridine rings is 1. The van der Waals surface area contributed by atoms with Gasteiger partial charge >= 0.3 is 19.5 Å². The van der Waals surface area contributed by atoms with Gasteiger partial charge in [-0.25, -0.2) is 9.29 Å². The average Bonchev–Trinajstić information content (AvgIpc) is 3.32. The van der Waals surface area contributed by atoms with Crippen molar-refractivity contribution in [1.29, 1.82) is 0 Å². The minimum absolute atomic E-state index is 0.0238. The molecule has 0 saturated carbocycles. The number of fused-ring (bicyclic) bond motifs is 3. The maximum absolute atomic E-state index is 14.2. The third kappa shape index (κ3) is 7.30. The summed E-state index contributed by atoms with van der Waals surface area (Å²) < 4.78 is 108. The van der Waals surface area contributed by atoms with Crippen molar-refractivity contribution in [2.24, 2.45) is 17.8 Å². The van der Waals surface area contributed by atoms with E-state index in [-0.39, 0.29) is 38.3 Å². The van der Waals surface area contributed by atoms with E-state index >= 15 is 0 Å². The molecule has 0 spiro atoms. The third-order valence-electron chi connectivity index (χ3n) is 9.44. The molecule has 0 radical (unpaired) electrons. The number of phenols is 1. The SMILES string of the molecule is COCC1=C2[C@@H](CC/C(=C/c3ccc(O)c(F)c3)c3ccccn3)OB(O)C[C@@H]2[C@@H]2C(=O)N(c3cc(C(F)(F)F)cc(C(F)(F)F)c3)C(=O)[C@@H]2C1. The first-order valence-corrected chi connectivity index (χ1v) is 15.9. The lowest BCUT2D eigenvalue weighted by atomic mass is 9.58. The molecule has 2 N–H and O–H groups in total. The molecule has 2 fully saturated rings. The van der Waals surface area contributed by atoms with Crippen LogP contribution in [0, 0.1) is 23.6 Å². The van der Waals surface area contributed by atoms with Gasteiger partial charge in [0.2, 0.25) is 11.8 Å². The molecule has 51 heavy (non-hydrogen) atoms. The number of hydrogen-bond acceptors (Lipinski definition) is 7. The number of imide groups is 1. The number of methoxy groups -OCH3 is 1. The lowest BCUT2D eigenvalue weighted by Gasteiger charge is -2.43. The molecule has 2 saturated heterocycles. The average molecular weight is 718 g/mol. The number of rotatable bonds is 8.